The molecule has 26 heavy (non-hydrogen) atoms. The number of nitrogens with zero attached hydrogens (tertiary/aromatic N) is 2. The Morgan fingerprint density at radius 3 is 2.62 bits per heavy atom. The predicted octanol–water partition coefficient (Wildman–Crippen LogP) is 4.60. The smallest absolute Gasteiger partial charge is 0.270 e. The van der Waals surface area contributed by atoms with Gasteiger partial charge >= 0.3 is 0 Å². The van der Waals surface area contributed by atoms with Gasteiger partial charge < -0.3 is 9.47 Å². The molecule has 3 heteroatoms. The number of hydrogen-bond donors (Lipinski definition) is 0. The van der Waals surface area contributed by atoms with Gasteiger partial charge in [0.05, 0.1) is 5.52 Å². The standard InChI is InChI=1S/C23H26N2O/c1-17-9-8-13-19-20-12-6-7-15-24(2)23(26)22(20)25(21(17)19)16-14-18-10-4-3-5-11-18/h3-5,8-11,13H,6-7,12,14-16H2,1-2H3. The number of fused-ring (bicyclic) bond motifs is 3. The third-order valence-electron chi connectivity index (χ3n) is 5.58. The van der Waals surface area contributed by atoms with Crippen molar-refractivity contribution in [2.75, 3.05) is 13.6 Å². The topological polar surface area (TPSA) is 25.2 Å². The van der Waals surface area contributed by atoms with E-state index in [0.29, 0.717) is 0 Å². The lowest BCUT2D eigenvalue weighted by Gasteiger charge is -2.22. The minimum absolute atomic E-state index is 0.170. The molecular weight excluding hydrogens is 320 g/mol. The SMILES string of the molecule is Cc1cccc2c3c(n(CCc4ccccc4)c12)C(=O)N(C)CCCC3. The molecule has 134 valence electrons. The van der Waals surface area contributed by atoms with E-state index in [1.165, 1.54) is 27.6 Å². The van der Waals surface area contributed by atoms with Crippen LogP contribution < -0.4 is 0 Å². The summed E-state index contributed by atoms with van der Waals surface area (Å²) in [7, 11) is 1.93. The maximum atomic E-state index is 13.2. The van der Waals surface area contributed by atoms with Crippen LogP contribution in [-0.4, -0.2) is 29.0 Å². The van der Waals surface area contributed by atoms with Crippen molar-refractivity contribution in [1.29, 1.82) is 0 Å². The molecule has 1 amide bonds. The van der Waals surface area contributed by atoms with Gasteiger partial charge in [-0.2, -0.15) is 0 Å². The van der Waals surface area contributed by atoms with Crippen molar-refractivity contribution in [3.05, 3.63) is 70.9 Å². The van der Waals surface area contributed by atoms with Crippen molar-refractivity contribution in [2.45, 2.75) is 39.2 Å². The Bertz CT molecular complexity index is 940. The molecule has 0 bridgehead atoms. The van der Waals surface area contributed by atoms with Gasteiger partial charge in [-0.1, -0.05) is 48.5 Å². The summed E-state index contributed by atoms with van der Waals surface area (Å²) in [6.45, 7) is 3.83. The van der Waals surface area contributed by atoms with Crippen molar-refractivity contribution in [2.24, 2.45) is 0 Å². The Labute approximate surface area is 155 Å². The van der Waals surface area contributed by atoms with Crippen LogP contribution in [0.5, 0.6) is 0 Å². The van der Waals surface area contributed by atoms with E-state index >= 15 is 0 Å². The van der Waals surface area contributed by atoms with E-state index in [1.54, 1.807) is 0 Å². The fourth-order valence-electron chi connectivity index (χ4n) is 4.20. The van der Waals surface area contributed by atoms with E-state index in [-0.39, 0.29) is 5.91 Å². The second-order valence-electron chi connectivity index (χ2n) is 7.37. The summed E-state index contributed by atoms with van der Waals surface area (Å²) in [5.74, 6) is 0.170. The van der Waals surface area contributed by atoms with Gasteiger partial charge in [-0.05, 0) is 49.3 Å². The van der Waals surface area contributed by atoms with E-state index in [9.17, 15) is 4.79 Å². The Balaban J connectivity index is 1.86. The molecule has 0 saturated heterocycles. The number of carbonyl (C=O) groups is 1. The van der Waals surface area contributed by atoms with Crippen molar-refractivity contribution in [3.63, 3.8) is 0 Å². The van der Waals surface area contributed by atoms with Crippen molar-refractivity contribution in [1.82, 2.24) is 9.47 Å². The van der Waals surface area contributed by atoms with E-state index < -0.39 is 0 Å². The van der Waals surface area contributed by atoms with Gasteiger partial charge in [0.15, 0.2) is 0 Å². The van der Waals surface area contributed by atoms with Crippen LogP contribution in [0.1, 0.15) is 40.0 Å². The second kappa shape index (κ2) is 6.99. The number of para-hydroxylation sites is 1. The van der Waals surface area contributed by atoms with Crippen LogP contribution in [0.4, 0.5) is 0 Å². The molecule has 2 aromatic carbocycles. The first kappa shape index (κ1) is 16.9. The average Bonchev–Trinajstić information content (AvgIpc) is 2.97. The number of aryl methyl sites for hydroxylation is 4. The summed E-state index contributed by atoms with van der Waals surface area (Å²) >= 11 is 0. The molecule has 0 unspecified atom stereocenters. The Morgan fingerprint density at radius 2 is 1.81 bits per heavy atom. The highest BCUT2D eigenvalue weighted by Crippen LogP contribution is 2.32. The number of hydrogen-bond acceptors (Lipinski definition) is 1. The average molecular weight is 346 g/mol. The van der Waals surface area contributed by atoms with Gasteiger partial charge in [0.2, 0.25) is 0 Å². The molecule has 4 rings (SSSR count). The van der Waals surface area contributed by atoms with Crippen LogP contribution in [0.2, 0.25) is 0 Å². The number of benzene rings is 2. The lowest BCUT2D eigenvalue weighted by molar-refractivity contribution is 0.0777. The molecule has 0 spiro atoms. The largest absolute Gasteiger partial charge is 0.340 e. The van der Waals surface area contributed by atoms with Gasteiger partial charge in [-0.15, -0.1) is 0 Å². The first-order chi connectivity index (χ1) is 12.7. The molecule has 0 radical (unpaired) electrons. The lowest BCUT2D eigenvalue weighted by Crippen LogP contribution is -2.32. The summed E-state index contributed by atoms with van der Waals surface area (Å²) in [5, 5.41) is 1.26. The minimum Gasteiger partial charge on any atom is -0.340 e. The fraction of sp³-hybridized carbons (Fsp3) is 0.348. The molecule has 1 aromatic heterocycles. The summed E-state index contributed by atoms with van der Waals surface area (Å²) in [6, 6.07) is 17.0. The Hall–Kier alpha value is -2.55. The van der Waals surface area contributed by atoms with Crippen LogP contribution in [0.3, 0.4) is 0 Å². The van der Waals surface area contributed by atoms with Crippen LogP contribution >= 0.6 is 0 Å². The van der Waals surface area contributed by atoms with Gasteiger partial charge in [0, 0.05) is 25.5 Å². The highest BCUT2D eigenvalue weighted by molar-refractivity contribution is 6.02. The van der Waals surface area contributed by atoms with Crippen LogP contribution in [0, 0.1) is 6.92 Å². The van der Waals surface area contributed by atoms with E-state index in [1.807, 2.05) is 18.0 Å². The van der Waals surface area contributed by atoms with Crippen molar-refractivity contribution in [3.8, 4) is 0 Å². The van der Waals surface area contributed by atoms with Crippen LogP contribution in [0.15, 0.2) is 48.5 Å². The molecule has 0 aliphatic carbocycles. The first-order valence-electron chi connectivity index (χ1n) is 9.57. The Kier molecular flexibility index (Phi) is 4.54. The first-order valence-corrected chi connectivity index (χ1v) is 9.57. The minimum atomic E-state index is 0.170. The van der Waals surface area contributed by atoms with E-state index in [0.717, 1.165) is 44.5 Å². The summed E-state index contributed by atoms with van der Waals surface area (Å²) in [4.78, 5) is 15.1. The molecule has 1 aliphatic heterocycles. The third-order valence-corrected chi connectivity index (χ3v) is 5.58. The number of carbonyl (C=O) groups excluding carboxylic acids is 1. The van der Waals surface area contributed by atoms with Crippen molar-refractivity contribution < 1.29 is 4.79 Å². The van der Waals surface area contributed by atoms with Crippen LogP contribution in [-0.2, 0) is 19.4 Å². The van der Waals surface area contributed by atoms with E-state index in [4.69, 9.17) is 0 Å². The normalized spacial score (nSPS) is 15.0. The van der Waals surface area contributed by atoms with Gasteiger partial charge in [-0.3, -0.25) is 4.79 Å². The quantitative estimate of drug-likeness (QED) is 0.680. The maximum Gasteiger partial charge on any atom is 0.270 e. The Morgan fingerprint density at radius 1 is 1.00 bits per heavy atom. The molecule has 0 atom stereocenters. The molecule has 3 aromatic rings. The summed E-state index contributed by atoms with van der Waals surface area (Å²) < 4.78 is 2.29. The maximum absolute atomic E-state index is 13.2. The number of amides is 1. The molecule has 3 nitrogen and oxygen atoms in total. The molecule has 0 fully saturated rings. The molecule has 0 N–H and O–H groups in total. The molecule has 0 saturated carbocycles. The number of rotatable bonds is 3. The molecule has 2 heterocycles. The second-order valence-corrected chi connectivity index (χ2v) is 7.37. The highest BCUT2D eigenvalue weighted by atomic mass is 16.2. The monoisotopic (exact) mass is 346 g/mol. The predicted molar refractivity (Wildman–Crippen MR) is 107 cm³/mol. The lowest BCUT2D eigenvalue weighted by atomic mass is 10.0. The van der Waals surface area contributed by atoms with Gasteiger partial charge in [0.25, 0.3) is 5.91 Å². The van der Waals surface area contributed by atoms with E-state index in [2.05, 4.69) is 54.0 Å². The van der Waals surface area contributed by atoms with Crippen molar-refractivity contribution >= 4 is 16.8 Å². The third kappa shape index (κ3) is 2.92. The molecular formula is C23H26N2O. The highest BCUT2D eigenvalue weighted by Gasteiger charge is 2.26. The molecule has 1 aliphatic rings. The fourth-order valence-corrected chi connectivity index (χ4v) is 4.20. The zero-order valence-electron chi connectivity index (χ0n) is 15.7. The van der Waals surface area contributed by atoms with Crippen LogP contribution in [0.25, 0.3) is 10.9 Å². The van der Waals surface area contributed by atoms with Gasteiger partial charge in [0.1, 0.15) is 5.69 Å². The number of aromatic nitrogens is 1. The van der Waals surface area contributed by atoms with Gasteiger partial charge in [-0.25, -0.2) is 0 Å². The summed E-state index contributed by atoms with van der Waals surface area (Å²) in [5.41, 5.74) is 5.94. The zero-order valence-corrected chi connectivity index (χ0v) is 15.7. The summed E-state index contributed by atoms with van der Waals surface area (Å²) in [6.07, 6.45) is 4.14. The zero-order chi connectivity index (χ0) is 18.1.